The van der Waals surface area contributed by atoms with E-state index in [0.717, 1.165) is 11.1 Å². The summed E-state index contributed by atoms with van der Waals surface area (Å²) >= 11 is 12.1. The Bertz CT molecular complexity index is 1020. The summed E-state index contributed by atoms with van der Waals surface area (Å²) in [6, 6.07) is 12.7. The third kappa shape index (κ3) is 3.40. The predicted molar refractivity (Wildman–Crippen MR) is 108 cm³/mol. The zero-order chi connectivity index (χ0) is 19.0. The average molecular weight is 402 g/mol. The molecule has 0 unspecified atom stereocenters. The molecule has 2 heterocycles. The number of benzene rings is 2. The van der Waals surface area contributed by atoms with E-state index in [1.807, 2.05) is 18.2 Å². The molecule has 1 saturated heterocycles. The van der Waals surface area contributed by atoms with Crippen LogP contribution in [0.1, 0.15) is 10.4 Å². The van der Waals surface area contributed by atoms with Gasteiger partial charge < -0.3 is 14.9 Å². The fraction of sp³-hybridized carbons (Fsp3) is 0.200. The molecule has 0 atom stereocenters. The number of halogens is 2. The quantitative estimate of drug-likeness (QED) is 0.698. The normalized spacial score (nSPS) is 14.6. The van der Waals surface area contributed by atoms with E-state index in [9.17, 15) is 9.90 Å². The molecule has 1 aliphatic heterocycles. The van der Waals surface area contributed by atoms with E-state index in [2.05, 4.69) is 9.88 Å². The molecule has 138 valence electrons. The zero-order valence-electron chi connectivity index (χ0n) is 14.4. The van der Waals surface area contributed by atoms with E-state index in [0.29, 0.717) is 41.7 Å². The minimum atomic E-state index is -0.186. The smallest absolute Gasteiger partial charge is 0.257 e. The third-order valence-corrected chi connectivity index (χ3v) is 5.55. The standard InChI is InChI=1S/C20H17Cl2N3O2/c21-16-6-4-14(12-17(16)22)24-8-10-25(11-9-24)20(27)15-5-3-13-2-1-7-23-18(13)19(15)26/h1-7,12,26H,8-11H2. The second kappa shape index (κ2) is 7.25. The minimum Gasteiger partial charge on any atom is -0.505 e. The van der Waals surface area contributed by atoms with Crippen molar-refractivity contribution in [3.63, 3.8) is 0 Å². The number of nitrogens with zero attached hydrogens (tertiary/aromatic N) is 3. The Balaban J connectivity index is 1.50. The van der Waals surface area contributed by atoms with E-state index in [-0.39, 0.29) is 17.2 Å². The van der Waals surface area contributed by atoms with Gasteiger partial charge in [0.05, 0.1) is 15.6 Å². The Labute approximate surface area is 166 Å². The number of fused-ring (bicyclic) bond motifs is 1. The van der Waals surface area contributed by atoms with Gasteiger partial charge in [-0.3, -0.25) is 9.78 Å². The topological polar surface area (TPSA) is 56.7 Å². The number of rotatable bonds is 2. The molecule has 0 saturated carbocycles. The first-order chi connectivity index (χ1) is 13.0. The fourth-order valence-corrected chi connectivity index (χ4v) is 3.61. The number of phenols is 1. The van der Waals surface area contributed by atoms with Crippen molar-refractivity contribution in [2.24, 2.45) is 0 Å². The van der Waals surface area contributed by atoms with Crippen LogP contribution in [0.25, 0.3) is 10.9 Å². The van der Waals surface area contributed by atoms with Crippen molar-refractivity contribution in [2.45, 2.75) is 0 Å². The number of piperazine rings is 1. The van der Waals surface area contributed by atoms with Crippen LogP contribution in [0.15, 0.2) is 48.7 Å². The molecule has 27 heavy (non-hydrogen) atoms. The summed E-state index contributed by atoms with van der Waals surface area (Å²) in [5.74, 6) is -0.251. The van der Waals surface area contributed by atoms with Crippen LogP contribution < -0.4 is 4.90 Å². The van der Waals surface area contributed by atoms with Crippen molar-refractivity contribution < 1.29 is 9.90 Å². The Morgan fingerprint density at radius 1 is 1.00 bits per heavy atom. The first-order valence-corrected chi connectivity index (χ1v) is 9.36. The third-order valence-electron chi connectivity index (χ3n) is 4.81. The molecule has 0 aliphatic carbocycles. The van der Waals surface area contributed by atoms with Crippen LogP contribution in [0.5, 0.6) is 5.75 Å². The number of aromatic nitrogens is 1. The highest BCUT2D eigenvalue weighted by Crippen LogP contribution is 2.30. The predicted octanol–water partition coefficient (Wildman–Crippen LogP) is 4.21. The summed E-state index contributed by atoms with van der Waals surface area (Å²) in [6.45, 7) is 2.46. The van der Waals surface area contributed by atoms with Gasteiger partial charge in [0.2, 0.25) is 0 Å². The summed E-state index contributed by atoms with van der Waals surface area (Å²) in [4.78, 5) is 21.0. The van der Waals surface area contributed by atoms with E-state index < -0.39 is 0 Å². The highest BCUT2D eigenvalue weighted by molar-refractivity contribution is 6.42. The Morgan fingerprint density at radius 3 is 2.52 bits per heavy atom. The largest absolute Gasteiger partial charge is 0.505 e. The van der Waals surface area contributed by atoms with E-state index in [1.54, 1.807) is 35.4 Å². The fourth-order valence-electron chi connectivity index (χ4n) is 3.32. The Kier molecular flexibility index (Phi) is 4.81. The van der Waals surface area contributed by atoms with Crippen molar-refractivity contribution in [2.75, 3.05) is 31.1 Å². The molecule has 1 aliphatic rings. The van der Waals surface area contributed by atoms with Gasteiger partial charge in [-0.15, -0.1) is 0 Å². The van der Waals surface area contributed by atoms with Gasteiger partial charge in [-0.05, 0) is 30.3 Å². The lowest BCUT2D eigenvalue weighted by Gasteiger charge is -2.36. The Morgan fingerprint density at radius 2 is 1.78 bits per heavy atom. The SMILES string of the molecule is O=C(c1ccc2cccnc2c1O)N1CCN(c2ccc(Cl)c(Cl)c2)CC1. The maximum Gasteiger partial charge on any atom is 0.257 e. The van der Waals surface area contributed by atoms with Crippen molar-refractivity contribution in [3.8, 4) is 5.75 Å². The summed E-state index contributed by atoms with van der Waals surface area (Å²) in [5, 5.41) is 12.3. The molecule has 1 aromatic heterocycles. The summed E-state index contributed by atoms with van der Waals surface area (Å²) in [6.07, 6.45) is 1.60. The number of pyridine rings is 1. The lowest BCUT2D eigenvalue weighted by atomic mass is 10.1. The molecule has 1 fully saturated rings. The molecular weight excluding hydrogens is 385 g/mol. The number of aromatic hydroxyl groups is 1. The van der Waals surface area contributed by atoms with Gasteiger partial charge in [0.1, 0.15) is 5.52 Å². The molecule has 0 spiro atoms. The number of hydrogen-bond donors (Lipinski definition) is 1. The second-order valence-corrected chi connectivity index (χ2v) is 7.23. The van der Waals surface area contributed by atoms with E-state index in [4.69, 9.17) is 23.2 Å². The molecular formula is C20H17Cl2N3O2. The first kappa shape index (κ1) is 17.9. The number of carbonyl (C=O) groups excluding carboxylic acids is 1. The van der Waals surface area contributed by atoms with Crippen LogP contribution in [0, 0.1) is 0 Å². The number of amides is 1. The highest BCUT2D eigenvalue weighted by Gasteiger charge is 2.25. The summed E-state index contributed by atoms with van der Waals surface area (Å²) in [5.41, 5.74) is 1.70. The zero-order valence-corrected chi connectivity index (χ0v) is 15.9. The van der Waals surface area contributed by atoms with Crippen LogP contribution >= 0.6 is 23.2 Å². The monoisotopic (exact) mass is 401 g/mol. The molecule has 0 radical (unpaired) electrons. The minimum absolute atomic E-state index is 0.0648. The van der Waals surface area contributed by atoms with Gasteiger partial charge in [-0.25, -0.2) is 0 Å². The lowest BCUT2D eigenvalue weighted by molar-refractivity contribution is 0.0744. The molecule has 1 amide bonds. The van der Waals surface area contributed by atoms with Crippen LogP contribution in [0.3, 0.4) is 0 Å². The van der Waals surface area contributed by atoms with Crippen LogP contribution in [0.4, 0.5) is 5.69 Å². The van der Waals surface area contributed by atoms with Crippen LogP contribution in [-0.4, -0.2) is 47.1 Å². The highest BCUT2D eigenvalue weighted by atomic mass is 35.5. The summed E-state index contributed by atoms with van der Waals surface area (Å²) < 4.78 is 0. The summed E-state index contributed by atoms with van der Waals surface area (Å²) in [7, 11) is 0. The van der Waals surface area contributed by atoms with Gasteiger partial charge in [-0.1, -0.05) is 35.3 Å². The number of phenolic OH excluding ortho intramolecular Hbond substituents is 1. The lowest BCUT2D eigenvalue weighted by Crippen LogP contribution is -2.48. The van der Waals surface area contributed by atoms with Gasteiger partial charge in [-0.2, -0.15) is 0 Å². The maximum atomic E-state index is 12.9. The average Bonchev–Trinajstić information content (AvgIpc) is 2.70. The van der Waals surface area contributed by atoms with Crippen molar-refractivity contribution in [3.05, 3.63) is 64.3 Å². The molecule has 1 N–H and O–H groups in total. The maximum absolute atomic E-state index is 12.9. The van der Waals surface area contributed by atoms with Crippen molar-refractivity contribution >= 4 is 45.7 Å². The van der Waals surface area contributed by atoms with Gasteiger partial charge in [0.25, 0.3) is 5.91 Å². The second-order valence-electron chi connectivity index (χ2n) is 6.41. The van der Waals surface area contributed by atoms with Crippen LogP contribution in [0.2, 0.25) is 10.0 Å². The molecule has 2 aromatic carbocycles. The number of anilines is 1. The Hall–Kier alpha value is -2.50. The number of carbonyl (C=O) groups is 1. The molecule has 4 rings (SSSR count). The van der Waals surface area contributed by atoms with Crippen molar-refractivity contribution in [1.82, 2.24) is 9.88 Å². The van der Waals surface area contributed by atoms with Gasteiger partial charge in [0, 0.05) is 43.4 Å². The van der Waals surface area contributed by atoms with Gasteiger partial charge >= 0.3 is 0 Å². The molecule has 5 nitrogen and oxygen atoms in total. The first-order valence-electron chi connectivity index (χ1n) is 8.60. The van der Waals surface area contributed by atoms with E-state index in [1.165, 1.54) is 0 Å². The molecule has 7 heteroatoms. The van der Waals surface area contributed by atoms with E-state index >= 15 is 0 Å². The molecule has 3 aromatic rings. The van der Waals surface area contributed by atoms with Gasteiger partial charge in [0.15, 0.2) is 5.75 Å². The van der Waals surface area contributed by atoms with Crippen molar-refractivity contribution in [1.29, 1.82) is 0 Å². The van der Waals surface area contributed by atoms with Crippen LogP contribution in [-0.2, 0) is 0 Å². The number of hydrogen-bond acceptors (Lipinski definition) is 4. The molecule has 0 bridgehead atoms.